The molecule has 2 aliphatic heterocycles. The van der Waals surface area contributed by atoms with Gasteiger partial charge in [-0.3, -0.25) is 14.5 Å². The Morgan fingerprint density at radius 2 is 2.00 bits per heavy atom. The smallest absolute Gasteiger partial charge is 0.310 e. The average Bonchev–Trinajstić information content (AvgIpc) is 3.16. The van der Waals surface area contributed by atoms with Crippen LogP contribution in [0.3, 0.4) is 0 Å². The van der Waals surface area contributed by atoms with E-state index in [1.807, 2.05) is 6.07 Å². The molecule has 2 N–H and O–H groups in total. The first-order valence-corrected chi connectivity index (χ1v) is 9.63. The van der Waals surface area contributed by atoms with Gasteiger partial charge in [0.25, 0.3) is 0 Å². The number of likely N-dealkylation sites (tertiary alicyclic amines) is 1. The molecule has 6 nitrogen and oxygen atoms in total. The lowest BCUT2D eigenvalue weighted by Crippen LogP contribution is -2.38. The number of hydrogen-bond donors (Lipinski definition) is 2. The highest BCUT2D eigenvalue weighted by Gasteiger charge is 2.32. The Labute approximate surface area is 154 Å². The maximum absolute atomic E-state index is 11.9. The quantitative estimate of drug-likeness (QED) is 0.602. The summed E-state index contributed by atoms with van der Waals surface area (Å²) < 4.78 is 5.39. The largest absolute Gasteiger partial charge is 0.424 e. The standard InChI is InChI=1S/C20H28N2O4/c1-3-15(22-11-5-6-12-22)20(25)14-7-9-16(26-18(24)4-2)19-13(14)8-10-17(23)21-19/h7,9,15,20,25H,3-6,8,10-12H2,1-2H3,(H,21,23). The summed E-state index contributed by atoms with van der Waals surface area (Å²) in [5.41, 5.74) is 2.25. The van der Waals surface area contributed by atoms with Crippen LogP contribution in [0.25, 0.3) is 0 Å². The number of hydrogen-bond acceptors (Lipinski definition) is 5. The number of amides is 1. The van der Waals surface area contributed by atoms with Crippen LogP contribution in [0.1, 0.15) is 63.2 Å². The number of aliphatic hydroxyl groups excluding tert-OH is 1. The second-order valence-corrected chi connectivity index (χ2v) is 7.05. The van der Waals surface area contributed by atoms with Crippen molar-refractivity contribution in [3.05, 3.63) is 23.3 Å². The van der Waals surface area contributed by atoms with Crippen molar-refractivity contribution in [1.29, 1.82) is 0 Å². The first-order valence-electron chi connectivity index (χ1n) is 9.63. The summed E-state index contributed by atoms with van der Waals surface area (Å²) in [7, 11) is 0. The summed E-state index contributed by atoms with van der Waals surface area (Å²) >= 11 is 0. The number of carbonyl (C=O) groups excluding carboxylic acids is 2. The van der Waals surface area contributed by atoms with E-state index in [-0.39, 0.29) is 24.3 Å². The van der Waals surface area contributed by atoms with Crippen LogP contribution in [0.2, 0.25) is 0 Å². The van der Waals surface area contributed by atoms with E-state index in [0.29, 0.717) is 24.3 Å². The minimum atomic E-state index is -0.627. The highest BCUT2D eigenvalue weighted by molar-refractivity contribution is 5.96. The Bertz CT molecular complexity index is 683. The molecule has 6 heteroatoms. The summed E-state index contributed by atoms with van der Waals surface area (Å²) in [6.07, 6.45) is 3.75. The van der Waals surface area contributed by atoms with Crippen molar-refractivity contribution in [1.82, 2.24) is 4.90 Å². The number of rotatable bonds is 6. The second kappa shape index (κ2) is 8.18. The van der Waals surface area contributed by atoms with Gasteiger partial charge in [-0.1, -0.05) is 19.9 Å². The fourth-order valence-corrected chi connectivity index (χ4v) is 4.01. The highest BCUT2D eigenvalue weighted by atomic mass is 16.5. The van der Waals surface area contributed by atoms with Crippen molar-refractivity contribution in [2.75, 3.05) is 18.4 Å². The van der Waals surface area contributed by atoms with Crippen LogP contribution in [0, 0.1) is 0 Å². The number of fused-ring (bicyclic) bond motifs is 1. The highest BCUT2D eigenvalue weighted by Crippen LogP contribution is 2.39. The number of ether oxygens (including phenoxy) is 1. The Morgan fingerprint density at radius 3 is 2.65 bits per heavy atom. The summed E-state index contributed by atoms with van der Waals surface area (Å²) in [6, 6.07) is 3.59. The molecule has 1 aromatic rings. The van der Waals surface area contributed by atoms with E-state index in [4.69, 9.17) is 4.74 Å². The van der Waals surface area contributed by atoms with E-state index in [9.17, 15) is 14.7 Å². The molecule has 2 unspecified atom stereocenters. The number of aliphatic hydroxyl groups is 1. The topological polar surface area (TPSA) is 78.9 Å². The SMILES string of the molecule is CCC(=O)Oc1ccc(C(O)C(CC)N2CCCC2)c2c1NC(=O)CC2. The molecule has 0 radical (unpaired) electrons. The van der Waals surface area contributed by atoms with Crippen LogP contribution in [-0.4, -0.2) is 41.0 Å². The Balaban J connectivity index is 1.95. The molecule has 26 heavy (non-hydrogen) atoms. The predicted octanol–water partition coefficient (Wildman–Crippen LogP) is 2.79. The van der Waals surface area contributed by atoms with E-state index in [0.717, 1.165) is 30.6 Å². The van der Waals surface area contributed by atoms with Crippen LogP contribution in [0.4, 0.5) is 5.69 Å². The van der Waals surface area contributed by atoms with Gasteiger partial charge in [0.15, 0.2) is 5.75 Å². The van der Waals surface area contributed by atoms with Crippen molar-refractivity contribution >= 4 is 17.6 Å². The minimum absolute atomic E-state index is 0.0586. The van der Waals surface area contributed by atoms with Gasteiger partial charge in [0.1, 0.15) is 0 Å². The lowest BCUT2D eigenvalue weighted by Gasteiger charge is -2.33. The summed E-state index contributed by atoms with van der Waals surface area (Å²) in [6.45, 7) is 5.85. The third-order valence-electron chi connectivity index (χ3n) is 5.40. The van der Waals surface area contributed by atoms with Gasteiger partial charge < -0.3 is 15.2 Å². The molecule has 1 fully saturated rings. The van der Waals surface area contributed by atoms with Crippen molar-refractivity contribution < 1.29 is 19.4 Å². The second-order valence-electron chi connectivity index (χ2n) is 7.05. The van der Waals surface area contributed by atoms with Gasteiger partial charge in [0, 0.05) is 18.9 Å². The van der Waals surface area contributed by atoms with Gasteiger partial charge in [-0.05, 0) is 56.0 Å². The van der Waals surface area contributed by atoms with Crippen molar-refractivity contribution in [2.45, 2.75) is 64.5 Å². The number of esters is 1. The first-order chi connectivity index (χ1) is 12.5. The van der Waals surface area contributed by atoms with E-state index in [2.05, 4.69) is 17.1 Å². The molecule has 0 aliphatic carbocycles. The van der Waals surface area contributed by atoms with E-state index < -0.39 is 6.10 Å². The Morgan fingerprint density at radius 1 is 1.27 bits per heavy atom. The zero-order valence-electron chi connectivity index (χ0n) is 15.6. The number of anilines is 1. The Kier molecular flexibility index (Phi) is 5.94. The monoisotopic (exact) mass is 360 g/mol. The molecule has 1 saturated heterocycles. The zero-order chi connectivity index (χ0) is 18.7. The molecule has 2 heterocycles. The van der Waals surface area contributed by atoms with Gasteiger partial charge in [0.05, 0.1) is 11.8 Å². The number of carbonyl (C=O) groups is 2. The van der Waals surface area contributed by atoms with Crippen LogP contribution < -0.4 is 10.1 Å². The maximum Gasteiger partial charge on any atom is 0.310 e. The van der Waals surface area contributed by atoms with E-state index >= 15 is 0 Å². The normalized spacial score (nSPS) is 19.6. The van der Waals surface area contributed by atoms with Crippen LogP contribution in [0.5, 0.6) is 5.75 Å². The zero-order valence-corrected chi connectivity index (χ0v) is 15.6. The maximum atomic E-state index is 11.9. The lowest BCUT2D eigenvalue weighted by atomic mass is 9.89. The molecule has 1 aromatic carbocycles. The Hall–Kier alpha value is -1.92. The van der Waals surface area contributed by atoms with Crippen LogP contribution >= 0.6 is 0 Å². The molecule has 2 aliphatic rings. The molecule has 142 valence electrons. The van der Waals surface area contributed by atoms with Crippen LogP contribution in [-0.2, 0) is 16.0 Å². The molecular weight excluding hydrogens is 332 g/mol. The number of benzene rings is 1. The van der Waals surface area contributed by atoms with E-state index in [1.54, 1.807) is 13.0 Å². The lowest BCUT2D eigenvalue weighted by molar-refractivity contribution is -0.134. The third kappa shape index (κ3) is 3.76. The molecule has 0 bridgehead atoms. The number of nitrogens with one attached hydrogen (secondary N) is 1. The first kappa shape index (κ1) is 18.9. The molecule has 2 atom stereocenters. The fourth-order valence-electron chi connectivity index (χ4n) is 4.01. The molecule has 3 rings (SSSR count). The third-order valence-corrected chi connectivity index (χ3v) is 5.40. The summed E-state index contributed by atoms with van der Waals surface area (Å²) in [4.78, 5) is 25.9. The van der Waals surface area contributed by atoms with Gasteiger partial charge in [-0.25, -0.2) is 0 Å². The van der Waals surface area contributed by atoms with Crippen molar-refractivity contribution in [2.24, 2.45) is 0 Å². The van der Waals surface area contributed by atoms with Gasteiger partial charge in [-0.2, -0.15) is 0 Å². The van der Waals surface area contributed by atoms with E-state index in [1.165, 1.54) is 12.8 Å². The van der Waals surface area contributed by atoms with Crippen LogP contribution in [0.15, 0.2) is 12.1 Å². The van der Waals surface area contributed by atoms with Gasteiger partial charge in [-0.15, -0.1) is 0 Å². The fraction of sp³-hybridized carbons (Fsp3) is 0.600. The molecule has 0 spiro atoms. The minimum Gasteiger partial charge on any atom is -0.424 e. The molecule has 0 saturated carbocycles. The number of nitrogens with zero attached hydrogens (tertiary/aromatic N) is 1. The van der Waals surface area contributed by atoms with Crippen molar-refractivity contribution in [3.8, 4) is 5.75 Å². The molecule has 0 aromatic heterocycles. The molecular formula is C20H28N2O4. The molecule has 1 amide bonds. The average molecular weight is 360 g/mol. The van der Waals surface area contributed by atoms with Gasteiger partial charge >= 0.3 is 5.97 Å². The predicted molar refractivity (Wildman–Crippen MR) is 99.2 cm³/mol. The van der Waals surface area contributed by atoms with Gasteiger partial charge in [0.2, 0.25) is 5.91 Å². The summed E-state index contributed by atoms with van der Waals surface area (Å²) in [5, 5.41) is 14.0. The summed E-state index contributed by atoms with van der Waals surface area (Å²) in [5.74, 6) is -0.0709. The van der Waals surface area contributed by atoms with Crippen molar-refractivity contribution in [3.63, 3.8) is 0 Å².